The van der Waals surface area contributed by atoms with Crippen molar-refractivity contribution in [1.29, 1.82) is 0 Å². The molecule has 0 aromatic carbocycles. The fourth-order valence-corrected chi connectivity index (χ4v) is 2.81. The molecule has 3 rings (SSSR count). The van der Waals surface area contributed by atoms with E-state index in [1.54, 1.807) is 24.7 Å². The van der Waals surface area contributed by atoms with Crippen LogP contribution in [-0.2, 0) is 0 Å². The predicted molar refractivity (Wildman–Crippen MR) is 83.9 cm³/mol. The van der Waals surface area contributed by atoms with Gasteiger partial charge in [0, 0.05) is 29.6 Å². The second-order valence-electron chi connectivity index (χ2n) is 4.92. The van der Waals surface area contributed by atoms with Gasteiger partial charge >= 0.3 is 6.03 Å². The first-order valence-corrected chi connectivity index (χ1v) is 7.62. The Morgan fingerprint density at radius 2 is 2.10 bits per heavy atom. The van der Waals surface area contributed by atoms with Crippen molar-refractivity contribution >= 4 is 27.8 Å². The Labute approximate surface area is 131 Å². The lowest BCUT2D eigenvalue weighted by molar-refractivity contribution is 0.207. The summed E-state index contributed by atoms with van der Waals surface area (Å²) in [5.41, 5.74) is 1.13. The highest BCUT2D eigenvalue weighted by molar-refractivity contribution is 9.10. The number of halogens is 1. The molecule has 0 spiro atoms. The van der Waals surface area contributed by atoms with Gasteiger partial charge in [0.05, 0.1) is 6.04 Å². The summed E-state index contributed by atoms with van der Waals surface area (Å²) in [6, 6.07) is 7.57. The molecule has 1 fully saturated rings. The summed E-state index contributed by atoms with van der Waals surface area (Å²) >= 11 is 3.33. The normalized spacial score (nSPS) is 17.8. The Bertz CT molecular complexity index is 617. The van der Waals surface area contributed by atoms with E-state index in [4.69, 9.17) is 0 Å². The van der Waals surface area contributed by atoms with Crippen LogP contribution < -0.4 is 5.32 Å². The van der Waals surface area contributed by atoms with E-state index in [-0.39, 0.29) is 12.1 Å². The number of nitrogens with zero attached hydrogens (tertiary/aromatic N) is 3. The molecule has 5 nitrogen and oxygen atoms in total. The number of pyridine rings is 2. The van der Waals surface area contributed by atoms with Crippen LogP contribution in [0.15, 0.2) is 47.3 Å². The number of hydrogen-bond donors (Lipinski definition) is 1. The molecule has 0 unspecified atom stereocenters. The van der Waals surface area contributed by atoms with Crippen molar-refractivity contribution in [3.63, 3.8) is 0 Å². The van der Waals surface area contributed by atoms with E-state index in [1.165, 1.54) is 0 Å². The van der Waals surface area contributed by atoms with E-state index in [2.05, 4.69) is 31.2 Å². The van der Waals surface area contributed by atoms with Crippen molar-refractivity contribution < 1.29 is 4.79 Å². The zero-order valence-electron chi connectivity index (χ0n) is 11.4. The number of rotatable bonds is 2. The molecule has 108 valence electrons. The van der Waals surface area contributed by atoms with E-state index >= 15 is 0 Å². The Morgan fingerprint density at radius 3 is 2.81 bits per heavy atom. The molecule has 6 heteroatoms. The van der Waals surface area contributed by atoms with Crippen LogP contribution >= 0.6 is 15.9 Å². The first-order valence-electron chi connectivity index (χ1n) is 6.83. The quantitative estimate of drug-likeness (QED) is 0.903. The molecule has 0 radical (unpaired) electrons. The van der Waals surface area contributed by atoms with Gasteiger partial charge in [0.2, 0.25) is 0 Å². The maximum absolute atomic E-state index is 12.4. The minimum Gasteiger partial charge on any atom is -0.317 e. The highest BCUT2D eigenvalue weighted by Crippen LogP contribution is 2.31. The third-order valence-corrected chi connectivity index (χ3v) is 4.04. The molecular formula is C15H15BrN4O. The van der Waals surface area contributed by atoms with Gasteiger partial charge in [0.25, 0.3) is 0 Å². The minimum absolute atomic E-state index is 0.107. The highest BCUT2D eigenvalue weighted by atomic mass is 79.9. The van der Waals surface area contributed by atoms with Crippen LogP contribution in [-0.4, -0.2) is 27.4 Å². The Morgan fingerprint density at radius 1 is 1.29 bits per heavy atom. The summed E-state index contributed by atoms with van der Waals surface area (Å²) in [5.74, 6) is 0.559. The number of anilines is 1. The number of carbonyl (C=O) groups excluding carboxylic acids is 1. The van der Waals surface area contributed by atoms with Crippen LogP contribution in [0.2, 0.25) is 0 Å². The zero-order chi connectivity index (χ0) is 14.7. The maximum atomic E-state index is 12.4. The fourth-order valence-electron chi connectivity index (χ4n) is 2.57. The molecule has 2 aromatic heterocycles. The lowest BCUT2D eigenvalue weighted by atomic mass is 10.1. The Kier molecular flexibility index (Phi) is 4.15. The average molecular weight is 347 g/mol. The van der Waals surface area contributed by atoms with Gasteiger partial charge in [-0.3, -0.25) is 10.3 Å². The van der Waals surface area contributed by atoms with Gasteiger partial charge in [0.15, 0.2) is 0 Å². The summed E-state index contributed by atoms with van der Waals surface area (Å²) in [6.07, 6.45) is 7.18. The number of urea groups is 1. The van der Waals surface area contributed by atoms with Crippen molar-refractivity contribution in [2.75, 3.05) is 11.9 Å². The molecule has 1 aliphatic heterocycles. The first kappa shape index (κ1) is 14.0. The van der Waals surface area contributed by atoms with Crippen molar-refractivity contribution in [3.8, 4) is 0 Å². The van der Waals surface area contributed by atoms with Gasteiger partial charge in [-0.15, -0.1) is 0 Å². The monoisotopic (exact) mass is 346 g/mol. The zero-order valence-corrected chi connectivity index (χ0v) is 13.0. The van der Waals surface area contributed by atoms with Gasteiger partial charge < -0.3 is 4.90 Å². The molecule has 2 aromatic rings. The van der Waals surface area contributed by atoms with E-state index in [0.29, 0.717) is 5.82 Å². The van der Waals surface area contributed by atoms with Crippen LogP contribution in [0.25, 0.3) is 0 Å². The summed E-state index contributed by atoms with van der Waals surface area (Å²) in [5, 5.41) is 2.85. The fraction of sp³-hybridized carbons (Fsp3) is 0.267. The van der Waals surface area contributed by atoms with Crippen LogP contribution in [0, 0.1) is 0 Å². The van der Waals surface area contributed by atoms with Gasteiger partial charge in [0.1, 0.15) is 5.82 Å². The number of aromatic nitrogens is 2. The van der Waals surface area contributed by atoms with Crippen LogP contribution in [0.4, 0.5) is 10.6 Å². The molecule has 21 heavy (non-hydrogen) atoms. The molecule has 2 amide bonds. The summed E-state index contributed by atoms with van der Waals surface area (Å²) < 4.78 is 0.885. The van der Waals surface area contributed by atoms with Crippen LogP contribution in [0.5, 0.6) is 0 Å². The predicted octanol–water partition coefficient (Wildman–Crippen LogP) is 3.61. The third kappa shape index (κ3) is 3.21. The first-order chi connectivity index (χ1) is 10.2. The molecule has 1 saturated heterocycles. The van der Waals surface area contributed by atoms with Gasteiger partial charge in [-0.25, -0.2) is 9.78 Å². The van der Waals surface area contributed by atoms with Crippen molar-refractivity contribution in [1.82, 2.24) is 14.9 Å². The second-order valence-corrected chi connectivity index (χ2v) is 5.84. The van der Waals surface area contributed by atoms with E-state index in [1.807, 2.05) is 23.1 Å². The van der Waals surface area contributed by atoms with Gasteiger partial charge in [-0.1, -0.05) is 0 Å². The van der Waals surface area contributed by atoms with Gasteiger partial charge in [-0.2, -0.15) is 0 Å². The maximum Gasteiger partial charge on any atom is 0.323 e. The summed E-state index contributed by atoms with van der Waals surface area (Å²) in [6.45, 7) is 0.759. The second kappa shape index (κ2) is 6.22. The molecule has 1 aliphatic rings. The van der Waals surface area contributed by atoms with Crippen LogP contribution in [0.3, 0.4) is 0 Å². The Balaban J connectivity index is 1.73. The van der Waals surface area contributed by atoms with E-state index in [9.17, 15) is 4.79 Å². The number of hydrogen-bond acceptors (Lipinski definition) is 3. The van der Waals surface area contributed by atoms with Gasteiger partial charge in [-0.05, 0) is 58.6 Å². The lowest BCUT2D eigenvalue weighted by Crippen LogP contribution is -2.34. The SMILES string of the molecule is O=C(Nc1ccc(Br)cn1)N1CCC[C@H]1c1ccncc1. The smallest absolute Gasteiger partial charge is 0.317 e. The molecule has 0 saturated carbocycles. The molecule has 1 atom stereocenters. The molecular weight excluding hydrogens is 332 g/mol. The lowest BCUT2D eigenvalue weighted by Gasteiger charge is -2.25. The third-order valence-electron chi connectivity index (χ3n) is 3.57. The number of amides is 2. The largest absolute Gasteiger partial charge is 0.323 e. The van der Waals surface area contributed by atoms with Crippen molar-refractivity contribution in [3.05, 3.63) is 52.9 Å². The summed E-state index contributed by atoms with van der Waals surface area (Å²) in [4.78, 5) is 22.5. The highest BCUT2D eigenvalue weighted by Gasteiger charge is 2.30. The number of nitrogens with one attached hydrogen (secondary N) is 1. The van der Waals surface area contributed by atoms with Crippen molar-refractivity contribution in [2.24, 2.45) is 0 Å². The minimum atomic E-state index is -0.107. The summed E-state index contributed by atoms with van der Waals surface area (Å²) in [7, 11) is 0. The number of carbonyl (C=O) groups is 1. The van der Waals surface area contributed by atoms with E-state index < -0.39 is 0 Å². The topological polar surface area (TPSA) is 58.1 Å². The van der Waals surface area contributed by atoms with Crippen LogP contribution in [0.1, 0.15) is 24.4 Å². The standard InChI is InChI=1S/C15H15BrN4O/c16-12-3-4-14(18-10-12)19-15(21)20-9-1-2-13(20)11-5-7-17-8-6-11/h3-8,10,13H,1-2,9H2,(H,18,19,21)/t13-/m0/s1. The molecule has 0 aliphatic carbocycles. The van der Waals surface area contributed by atoms with Crippen molar-refractivity contribution in [2.45, 2.75) is 18.9 Å². The Hall–Kier alpha value is -1.95. The van der Waals surface area contributed by atoms with E-state index in [0.717, 1.165) is 29.4 Å². The molecule has 0 bridgehead atoms. The number of likely N-dealkylation sites (tertiary alicyclic amines) is 1. The molecule has 1 N–H and O–H groups in total. The molecule has 3 heterocycles. The average Bonchev–Trinajstić information content (AvgIpc) is 3.00.